The Hall–Kier alpha value is -9.63. The smallest absolute Gasteiger partial charge is 0.323 e. The summed E-state index contributed by atoms with van der Waals surface area (Å²) in [4.78, 5) is 47.7. The first-order chi connectivity index (χ1) is 37.4. The lowest BCUT2D eigenvalue weighted by Crippen LogP contribution is -2.20. The molecule has 420 valence electrons. The van der Waals surface area contributed by atoms with Crippen molar-refractivity contribution < 1.29 is 46.4 Å². The van der Waals surface area contributed by atoms with Crippen molar-refractivity contribution in [1.29, 1.82) is 0 Å². The lowest BCUT2D eigenvalue weighted by Gasteiger charge is -2.19. The summed E-state index contributed by atoms with van der Waals surface area (Å²) in [7, 11) is 3.56. The van der Waals surface area contributed by atoms with Crippen LogP contribution in [-0.2, 0) is 10.0 Å². The molecule has 0 saturated heterocycles. The summed E-state index contributed by atoms with van der Waals surface area (Å²) in [6, 6.07) is 18.6. The van der Waals surface area contributed by atoms with Crippen molar-refractivity contribution in [2.75, 3.05) is 80.5 Å². The first-order valence-corrected chi connectivity index (χ1v) is 25.5. The first-order valence-electron chi connectivity index (χ1n) is 24.1. The van der Waals surface area contributed by atoms with Crippen LogP contribution < -0.4 is 83.5 Å². The van der Waals surface area contributed by atoms with Crippen LogP contribution in [0.4, 0.5) is 51.5 Å². The molecule has 0 aliphatic heterocycles. The minimum absolute atomic E-state index is 0.0158. The molecule has 0 bridgehead atoms. The number of amides is 3. The largest absolute Gasteiger partial charge is 0.496 e. The van der Waals surface area contributed by atoms with E-state index in [0.717, 1.165) is 16.7 Å². The number of nitrogens with two attached hydrogens (primary N) is 6. The molecule has 26 nitrogen and oxygen atoms in total. The van der Waals surface area contributed by atoms with Gasteiger partial charge >= 0.3 is 6.03 Å². The monoisotopic (exact) mass is 1110 g/mol. The summed E-state index contributed by atoms with van der Waals surface area (Å²) in [5.74, 6) is 3.55. The fraction of sp³-hybridized carbons (Fsp3) is 0.269. The molecule has 16 N–H and O–H groups in total. The number of urea groups is 1. The highest BCUT2D eigenvalue weighted by atomic mass is 32.2. The molecular formula is C52H66N16O10S. The van der Waals surface area contributed by atoms with E-state index in [0.29, 0.717) is 45.7 Å². The molecular weight excluding hydrogens is 1040 g/mol. The number of nitrogens with zero attached hydrogens (tertiary/aromatic N) is 6. The Bertz CT molecular complexity index is 3390. The Balaban J connectivity index is 0.000000220. The summed E-state index contributed by atoms with van der Waals surface area (Å²) in [6.07, 6.45) is 4.13. The molecule has 0 unspecified atom stereocenters. The zero-order valence-electron chi connectivity index (χ0n) is 45.5. The SMILES string of the molecule is CNC(=O)c1cc(Oc2cnc(N)nc2N)c(C(C)C)cc1OC.CNS(=O)(=O)c1cc(Oc2cnc(N)nc2N)c(C(C)C)cc1OC.COc1cc(C(C)C)c(Oc2cnc(N)nc2N)cc1NC(=O)Nc1ccccc1. The van der Waals surface area contributed by atoms with E-state index in [1.165, 1.54) is 53.0 Å². The topological polar surface area (TPSA) is 405 Å². The van der Waals surface area contributed by atoms with Crippen molar-refractivity contribution in [3.8, 4) is 51.7 Å². The maximum absolute atomic E-state index is 12.5. The summed E-state index contributed by atoms with van der Waals surface area (Å²) < 4.78 is 60.4. The van der Waals surface area contributed by atoms with Crippen LogP contribution in [0.5, 0.6) is 51.7 Å². The highest BCUT2D eigenvalue weighted by molar-refractivity contribution is 7.89. The Morgan fingerprint density at radius 2 is 0.911 bits per heavy atom. The summed E-state index contributed by atoms with van der Waals surface area (Å²) in [6.45, 7) is 11.9. The minimum atomic E-state index is -3.75. The Kier molecular flexibility index (Phi) is 20.5. The zero-order chi connectivity index (χ0) is 58.3. The maximum Gasteiger partial charge on any atom is 0.323 e. The van der Waals surface area contributed by atoms with Crippen LogP contribution in [0.2, 0.25) is 0 Å². The number of ether oxygens (including phenoxy) is 6. The van der Waals surface area contributed by atoms with Crippen LogP contribution in [-0.4, -0.2) is 85.7 Å². The molecule has 4 aromatic carbocycles. The number of carbonyl (C=O) groups excluding carboxylic acids is 2. The van der Waals surface area contributed by atoms with E-state index in [-0.39, 0.29) is 86.9 Å². The number of sulfonamides is 1. The second kappa shape index (κ2) is 26.9. The standard InChI is InChI=1S/C21H24N6O3.C16H21N5O3.C15H21N5O4S/c1-12(2)14-9-17(29-3)15(26-21(28)25-13-7-5-4-6-8-13)10-16(14)30-18-11-24-20(23)27-19(18)22;1-8(2)9-5-11(23-4)10(15(22)19-3)6-12(9)24-13-7-20-16(18)21-14(13)17;1-8(2)9-5-11(23-4)13(25(21,22)18-3)6-10(9)24-12-7-19-15(17)20-14(12)16/h4-12H,1-3H3,(H2,25,26,28)(H4,22,23,24,27);5-8H,1-4H3,(H,19,22)(H4,17,18,20,21);5-8,18H,1-4H3,(H4,16,17,19,20). The van der Waals surface area contributed by atoms with Crippen LogP contribution in [0.25, 0.3) is 0 Å². The molecule has 0 aliphatic carbocycles. The van der Waals surface area contributed by atoms with Crippen LogP contribution in [0.3, 0.4) is 0 Å². The number of para-hydroxylation sites is 1. The van der Waals surface area contributed by atoms with Crippen LogP contribution >= 0.6 is 0 Å². The third-order valence-electron chi connectivity index (χ3n) is 11.2. The normalized spacial score (nSPS) is 10.9. The molecule has 3 heterocycles. The number of aromatic nitrogens is 6. The number of benzene rings is 4. The molecule has 0 aliphatic rings. The Morgan fingerprint density at radius 1 is 0.506 bits per heavy atom. The highest BCUT2D eigenvalue weighted by Gasteiger charge is 2.25. The lowest BCUT2D eigenvalue weighted by molar-refractivity contribution is 0.0959. The summed E-state index contributed by atoms with van der Waals surface area (Å²) in [5.41, 5.74) is 37.9. The van der Waals surface area contributed by atoms with E-state index in [4.69, 9.17) is 62.8 Å². The van der Waals surface area contributed by atoms with E-state index in [9.17, 15) is 18.0 Å². The van der Waals surface area contributed by atoms with Gasteiger partial charge in [0.2, 0.25) is 27.9 Å². The van der Waals surface area contributed by atoms with Crippen molar-refractivity contribution in [3.63, 3.8) is 0 Å². The Morgan fingerprint density at radius 3 is 1.30 bits per heavy atom. The molecule has 0 atom stereocenters. The fourth-order valence-corrected chi connectivity index (χ4v) is 8.04. The van der Waals surface area contributed by atoms with E-state index in [1.807, 2.05) is 65.8 Å². The third-order valence-corrected chi connectivity index (χ3v) is 12.6. The van der Waals surface area contributed by atoms with Crippen molar-refractivity contribution in [2.24, 2.45) is 0 Å². The molecule has 79 heavy (non-hydrogen) atoms. The molecule has 7 rings (SSSR count). The van der Waals surface area contributed by atoms with Gasteiger partial charge in [0.25, 0.3) is 5.91 Å². The van der Waals surface area contributed by atoms with Crippen molar-refractivity contribution >= 4 is 68.6 Å². The van der Waals surface area contributed by atoms with Gasteiger partial charge in [-0.2, -0.15) is 15.0 Å². The van der Waals surface area contributed by atoms with Gasteiger partial charge in [-0.25, -0.2) is 32.9 Å². The average molecular weight is 1110 g/mol. The third kappa shape index (κ3) is 15.7. The number of hydrogen-bond acceptors (Lipinski definition) is 22. The van der Waals surface area contributed by atoms with Crippen molar-refractivity contribution in [2.45, 2.75) is 64.2 Å². The quantitative estimate of drug-likeness (QED) is 0.0419. The number of nitrogen functional groups attached to an aromatic ring is 6. The van der Waals surface area contributed by atoms with Gasteiger partial charge in [-0.3, -0.25) is 4.79 Å². The number of nitrogens with one attached hydrogen (secondary N) is 4. The van der Waals surface area contributed by atoms with Gasteiger partial charge in [-0.05, 0) is 61.2 Å². The van der Waals surface area contributed by atoms with Crippen LogP contribution in [0, 0.1) is 0 Å². The van der Waals surface area contributed by atoms with Gasteiger partial charge in [0.05, 0.1) is 51.2 Å². The van der Waals surface area contributed by atoms with Crippen LogP contribution in [0.15, 0.2) is 90.2 Å². The lowest BCUT2D eigenvalue weighted by atomic mass is 9.99. The number of anilines is 8. The predicted molar refractivity (Wildman–Crippen MR) is 303 cm³/mol. The van der Waals surface area contributed by atoms with Gasteiger partial charge < -0.3 is 78.8 Å². The molecule has 27 heteroatoms. The van der Waals surface area contributed by atoms with Gasteiger partial charge in [-0.15, -0.1) is 0 Å². The number of rotatable bonds is 17. The maximum atomic E-state index is 12.5. The average Bonchev–Trinajstić information content (AvgIpc) is 3.44. The van der Waals surface area contributed by atoms with E-state index < -0.39 is 16.1 Å². The van der Waals surface area contributed by atoms with Crippen molar-refractivity contribution in [1.82, 2.24) is 39.9 Å². The molecule has 3 aromatic heterocycles. The molecule has 0 spiro atoms. The van der Waals surface area contributed by atoms with Gasteiger partial charge in [0, 0.05) is 41.6 Å². The fourth-order valence-electron chi connectivity index (χ4n) is 7.15. The van der Waals surface area contributed by atoms with Crippen LogP contribution in [0.1, 0.15) is 86.3 Å². The molecule has 0 saturated carbocycles. The van der Waals surface area contributed by atoms with Crippen molar-refractivity contribution in [3.05, 3.63) is 108 Å². The Labute approximate surface area is 457 Å². The molecule has 3 amide bonds. The van der Waals surface area contributed by atoms with Gasteiger partial charge in [0.15, 0.2) is 34.7 Å². The second-order valence-electron chi connectivity index (χ2n) is 17.7. The van der Waals surface area contributed by atoms with Gasteiger partial charge in [-0.1, -0.05) is 59.7 Å². The number of hydrogen-bond donors (Lipinski definition) is 10. The molecule has 0 fully saturated rings. The highest BCUT2D eigenvalue weighted by Crippen LogP contribution is 2.42. The van der Waals surface area contributed by atoms with E-state index in [2.05, 4.69) is 50.6 Å². The zero-order valence-corrected chi connectivity index (χ0v) is 46.3. The molecule has 0 radical (unpaired) electrons. The minimum Gasteiger partial charge on any atom is -0.496 e. The number of methoxy groups -OCH3 is 3. The van der Waals surface area contributed by atoms with E-state index >= 15 is 0 Å². The summed E-state index contributed by atoms with van der Waals surface area (Å²) in [5, 5.41) is 8.13. The molecule has 7 aromatic rings. The van der Waals surface area contributed by atoms with Gasteiger partial charge in [0.1, 0.15) is 39.4 Å². The first kappa shape index (κ1) is 60.2. The van der Waals surface area contributed by atoms with E-state index in [1.54, 1.807) is 43.4 Å². The number of carbonyl (C=O) groups is 2. The summed E-state index contributed by atoms with van der Waals surface area (Å²) >= 11 is 0. The second-order valence-corrected chi connectivity index (χ2v) is 19.5. The predicted octanol–water partition coefficient (Wildman–Crippen LogP) is 7.61.